The van der Waals surface area contributed by atoms with Crippen LogP contribution in [0.5, 0.6) is 5.75 Å². The lowest BCUT2D eigenvalue weighted by Crippen LogP contribution is -2.03. The van der Waals surface area contributed by atoms with Crippen LogP contribution in [0.1, 0.15) is 5.82 Å². The van der Waals surface area contributed by atoms with E-state index in [-0.39, 0.29) is 6.61 Å². The van der Waals surface area contributed by atoms with Gasteiger partial charge in [0.25, 0.3) is 0 Å². The van der Waals surface area contributed by atoms with Crippen LogP contribution in [-0.4, -0.2) is 24.3 Å². The zero-order valence-electron chi connectivity index (χ0n) is 17.5. The summed E-state index contributed by atoms with van der Waals surface area (Å²) in [7, 11) is 3.64. The highest BCUT2D eigenvalue weighted by molar-refractivity contribution is 5.80. The number of halogens is 2. The van der Waals surface area contributed by atoms with Crippen molar-refractivity contribution in [3.8, 4) is 28.1 Å². The Bertz CT molecular complexity index is 1410. The van der Waals surface area contributed by atoms with E-state index in [2.05, 4.69) is 15.1 Å². The van der Waals surface area contributed by atoms with E-state index in [0.29, 0.717) is 22.6 Å². The minimum absolute atomic E-state index is 0.166. The van der Waals surface area contributed by atoms with Gasteiger partial charge in [-0.2, -0.15) is 5.10 Å². The highest BCUT2D eigenvalue weighted by Crippen LogP contribution is 2.31. The Kier molecular flexibility index (Phi) is 4.89. The van der Waals surface area contributed by atoms with Crippen LogP contribution in [0.4, 0.5) is 8.78 Å². The quantitative estimate of drug-likeness (QED) is 0.398. The molecule has 0 aliphatic rings. The molecule has 0 saturated heterocycles. The fourth-order valence-electron chi connectivity index (χ4n) is 3.67. The minimum atomic E-state index is -0.917. The van der Waals surface area contributed by atoms with Gasteiger partial charge in [-0.3, -0.25) is 9.67 Å². The Labute approximate surface area is 182 Å². The molecule has 5 rings (SSSR count). The predicted molar refractivity (Wildman–Crippen MR) is 117 cm³/mol. The summed E-state index contributed by atoms with van der Waals surface area (Å²) in [4.78, 5) is 8.43. The normalized spacial score (nSPS) is 11.2. The Morgan fingerprint density at radius 3 is 2.38 bits per heavy atom. The fraction of sp³-hybridized carbons (Fsp3) is 0.125. The number of aryl methyl sites for hydroxylation is 2. The third kappa shape index (κ3) is 3.60. The molecule has 0 saturated carbocycles. The Hall–Kier alpha value is -4.07. The molecular formula is C24H19F2N5O. The fourth-order valence-corrected chi connectivity index (χ4v) is 3.67. The van der Waals surface area contributed by atoms with Gasteiger partial charge in [0.2, 0.25) is 0 Å². The number of nitrogens with zero attached hydrogens (tertiary/aromatic N) is 5. The summed E-state index contributed by atoms with van der Waals surface area (Å²) in [5, 5.41) is 4.61. The van der Waals surface area contributed by atoms with Gasteiger partial charge in [0.15, 0.2) is 11.6 Å². The lowest BCUT2D eigenvalue weighted by molar-refractivity contribution is 0.292. The number of benzene rings is 2. The van der Waals surface area contributed by atoms with Gasteiger partial charge in [0.05, 0.1) is 11.0 Å². The first-order valence-electron chi connectivity index (χ1n) is 9.97. The number of ether oxygens (including phenoxy) is 1. The van der Waals surface area contributed by atoms with Crippen LogP contribution in [0.2, 0.25) is 0 Å². The van der Waals surface area contributed by atoms with Crippen molar-refractivity contribution in [2.24, 2.45) is 14.1 Å². The smallest absolute Gasteiger partial charge is 0.161 e. The van der Waals surface area contributed by atoms with Gasteiger partial charge < -0.3 is 9.30 Å². The summed E-state index contributed by atoms with van der Waals surface area (Å²) in [6.45, 7) is 0.166. The molecule has 3 aromatic heterocycles. The Balaban J connectivity index is 1.37. The first kappa shape index (κ1) is 19.9. The number of imidazole rings is 1. The maximum atomic E-state index is 13.5. The zero-order valence-corrected chi connectivity index (χ0v) is 17.5. The highest BCUT2D eigenvalue weighted by Gasteiger charge is 2.14. The van der Waals surface area contributed by atoms with E-state index < -0.39 is 11.6 Å². The second kappa shape index (κ2) is 7.88. The number of pyridine rings is 1. The van der Waals surface area contributed by atoms with Crippen molar-refractivity contribution in [1.82, 2.24) is 24.3 Å². The largest absolute Gasteiger partial charge is 0.486 e. The van der Waals surface area contributed by atoms with E-state index in [1.807, 2.05) is 49.6 Å². The van der Waals surface area contributed by atoms with Crippen LogP contribution >= 0.6 is 0 Å². The van der Waals surface area contributed by atoms with Crippen LogP contribution in [0, 0.1) is 11.6 Å². The zero-order chi connectivity index (χ0) is 22.2. The standard InChI is InChI=1S/C24H19F2N5O/c1-30-13-18(15-7-9-27-10-8-15)24(29-30)16-3-5-17(6-4-16)32-14-23-28-21-11-19(25)20(26)12-22(21)31(23)2/h3-13H,14H2,1-2H3. The van der Waals surface area contributed by atoms with Gasteiger partial charge in [-0.05, 0) is 42.0 Å². The molecule has 5 aromatic rings. The molecule has 0 unspecified atom stereocenters. The summed E-state index contributed by atoms with van der Waals surface area (Å²) in [6.07, 6.45) is 5.49. The van der Waals surface area contributed by atoms with E-state index in [1.54, 1.807) is 28.7 Å². The lowest BCUT2D eigenvalue weighted by atomic mass is 10.0. The number of hydrogen-bond acceptors (Lipinski definition) is 4. The SMILES string of the molecule is Cn1cc(-c2ccncc2)c(-c2ccc(OCc3nc4cc(F)c(F)cc4n3C)cc2)n1. The first-order valence-corrected chi connectivity index (χ1v) is 9.97. The molecule has 2 aromatic carbocycles. The molecule has 32 heavy (non-hydrogen) atoms. The topological polar surface area (TPSA) is 57.8 Å². The summed E-state index contributed by atoms with van der Waals surface area (Å²) >= 11 is 0. The van der Waals surface area contributed by atoms with Gasteiger partial charge in [-0.1, -0.05) is 0 Å². The summed E-state index contributed by atoms with van der Waals surface area (Å²) in [6, 6.07) is 13.8. The average molecular weight is 431 g/mol. The third-order valence-electron chi connectivity index (χ3n) is 5.33. The molecule has 0 aliphatic heterocycles. The number of aromatic nitrogens is 5. The number of rotatable bonds is 5. The van der Waals surface area contributed by atoms with Crippen molar-refractivity contribution in [3.05, 3.63) is 84.6 Å². The highest BCUT2D eigenvalue weighted by atomic mass is 19.2. The van der Waals surface area contributed by atoms with Crippen molar-refractivity contribution in [2.75, 3.05) is 0 Å². The van der Waals surface area contributed by atoms with Crippen molar-refractivity contribution in [3.63, 3.8) is 0 Å². The first-order chi connectivity index (χ1) is 15.5. The van der Waals surface area contributed by atoms with E-state index in [9.17, 15) is 8.78 Å². The van der Waals surface area contributed by atoms with E-state index in [1.165, 1.54) is 0 Å². The number of fused-ring (bicyclic) bond motifs is 1. The molecule has 0 aliphatic carbocycles. The maximum Gasteiger partial charge on any atom is 0.161 e. The summed E-state index contributed by atoms with van der Waals surface area (Å²) in [5.41, 5.74) is 4.78. The predicted octanol–water partition coefficient (Wildman–Crippen LogP) is 4.89. The molecule has 0 atom stereocenters. The Morgan fingerprint density at radius 1 is 0.906 bits per heavy atom. The maximum absolute atomic E-state index is 13.5. The van der Waals surface area contributed by atoms with Gasteiger partial charge in [-0.25, -0.2) is 13.8 Å². The summed E-state index contributed by atoms with van der Waals surface area (Å²) in [5.74, 6) is -0.595. The Morgan fingerprint density at radius 2 is 1.62 bits per heavy atom. The lowest BCUT2D eigenvalue weighted by Gasteiger charge is -2.08. The molecule has 160 valence electrons. The molecule has 0 N–H and O–H groups in total. The average Bonchev–Trinajstić information content (AvgIpc) is 3.34. The molecule has 6 nitrogen and oxygen atoms in total. The van der Waals surface area contributed by atoms with E-state index in [4.69, 9.17) is 4.74 Å². The molecule has 8 heteroatoms. The molecule has 3 heterocycles. The summed E-state index contributed by atoms with van der Waals surface area (Å²) < 4.78 is 36.4. The minimum Gasteiger partial charge on any atom is -0.486 e. The van der Waals surface area contributed by atoms with Gasteiger partial charge in [0.1, 0.15) is 23.9 Å². The van der Waals surface area contributed by atoms with Crippen LogP contribution < -0.4 is 4.74 Å². The molecule has 0 amide bonds. The van der Waals surface area contributed by atoms with Crippen molar-refractivity contribution < 1.29 is 13.5 Å². The molecule has 0 radical (unpaired) electrons. The molecule has 0 fully saturated rings. The van der Waals surface area contributed by atoms with Gasteiger partial charge in [-0.15, -0.1) is 0 Å². The molecule has 0 spiro atoms. The monoisotopic (exact) mass is 431 g/mol. The van der Waals surface area contributed by atoms with Crippen LogP contribution in [0.15, 0.2) is 67.1 Å². The second-order valence-corrected chi connectivity index (χ2v) is 7.46. The second-order valence-electron chi connectivity index (χ2n) is 7.46. The van der Waals surface area contributed by atoms with E-state index in [0.717, 1.165) is 34.5 Å². The van der Waals surface area contributed by atoms with Crippen LogP contribution in [0.3, 0.4) is 0 Å². The van der Waals surface area contributed by atoms with Crippen molar-refractivity contribution in [1.29, 1.82) is 0 Å². The van der Waals surface area contributed by atoms with Gasteiger partial charge >= 0.3 is 0 Å². The van der Waals surface area contributed by atoms with Gasteiger partial charge in [0, 0.05) is 55.9 Å². The molecular weight excluding hydrogens is 412 g/mol. The van der Waals surface area contributed by atoms with E-state index >= 15 is 0 Å². The third-order valence-corrected chi connectivity index (χ3v) is 5.33. The number of hydrogen-bond donors (Lipinski definition) is 0. The van der Waals surface area contributed by atoms with Crippen molar-refractivity contribution >= 4 is 11.0 Å². The molecule has 0 bridgehead atoms. The van der Waals surface area contributed by atoms with Crippen LogP contribution in [-0.2, 0) is 20.7 Å². The van der Waals surface area contributed by atoms with Crippen molar-refractivity contribution in [2.45, 2.75) is 6.61 Å². The van der Waals surface area contributed by atoms with Crippen LogP contribution in [0.25, 0.3) is 33.4 Å².